The second-order valence-electron chi connectivity index (χ2n) is 7.00. The van der Waals surface area contributed by atoms with Crippen LogP contribution in [0.3, 0.4) is 0 Å². The van der Waals surface area contributed by atoms with Crippen LogP contribution < -0.4 is 4.90 Å². The van der Waals surface area contributed by atoms with Crippen LogP contribution in [0.25, 0.3) is 0 Å². The first kappa shape index (κ1) is 18.6. The van der Waals surface area contributed by atoms with E-state index in [1.54, 1.807) is 29.2 Å². The summed E-state index contributed by atoms with van der Waals surface area (Å²) in [5, 5.41) is 13.1. The van der Waals surface area contributed by atoms with E-state index in [0.29, 0.717) is 22.7 Å². The summed E-state index contributed by atoms with van der Waals surface area (Å²) >= 11 is 1.32. The largest absolute Gasteiger partial charge is 0.375 e. The third kappa shape index (κ3) is 3.39. The van der Waals surface area contributed by atoms with Crippen LogP contribution in [0.2, 0.25) is 0 Å². The average Bonchev–Trinajstić information content (AvgIpc) is 3.32. The van der Waals surface area contributed by atoms with E-state index in [1.165, 1.54) is 16.9 Å². The molecule has 1 N–H and O–H groups in total. The van der Waals surface area contributed by atoms with Crippen LogP contribution in [-0.4, -0.2) is 23.3 Å². The van der Waals surface area contributed by atoms with Gasteiger partial charge in [-0.25, -0.2) is 0 Å². The highest BCUT2D eigenvalue weighted by atomic mass is 32.1. The van der Waals surface area contributed by atoms with Crippen molar-refractivity contribution in [3.63, 3.8) is 0 Å². The van der Waals surface area contributed by atoms with Gasteiger partial charge in [-0.1, -0.05) is 54.6 Å². The molecule has 1 aliphatic heterocycles. The number of aliphatic hydroxyl groups is 1. The smallest absolute Gasteiger partial charge is 0.264 e. The number of benzene rings is 2. The lowest BCUT2D eigenvalue weighted by Crippen LogP contribution is -2.42. The Hall–Kier alpha value is -2.76. The molecule has 3 aromatic rings. The van der Waals surface area contributed by atoms with Crippen molar-refractivity contribution in [3.8, 4) is 0 Å². The first-order chi connectivity index (χ1) is 13.6. The summed E-state index contributed by atoms with van der Waals surface area (Å²) in [5.41, 5.74) is 0.627. The Balaban J connectivity index is 1.54. The highest BCUT2D eigenvalue weighted by molar-refractivity contribution is 7.12. The van der Waals surface area contributed by atoms with Gasteiger partial charge in [-0.15, -0.1) is 11.3 Å². The maximum absolute atomic E-state index is 13.2. The van der Waals surface area contributed by atoms with Gasteiger partial charge in [-0.3, -0.25) is 9.59 Å². The maximum atomic E-state index is 13.2. The van der Waals surface area contributed by atoms with Gasteiger partial charge < -0.3 is 10.0 Å². The van der Waals surface area contributed by atoms with Crippen molar-refractivity contribution < 1.29 is 14.7 Å². The molecule has 0 radical (unpaired) electrons. The molecule has 4 rings (SSSR count). The van der Waals surface area contributed by atoms with E-state index < -0.39 is 11.5 Å². The SMILES string of the molecule is O=C(C[C@]1(O)C(=O)N(CCCc2ccccc2)c2ccccc21)c1cccs1. The van der Waals surface area contributed by atoms with E-state index in [2.05, 4.69) is 12.1 Å². The minimum Gasteiger partial charge on any atom is -0.375 e. The van der Waals surface area contributed by atoms with Crippen LogP contribution in [0.15, 0.2) is 72.1 Å². The second-order valence-corrected chi connectivity index (χ2v) is 7.95. The molecule has 5 heteroatoms. The zero-order valence-electron chi connectivity index (χ0n) is 15.4. The fraction of sp³-hybridized carbons (Fsp3) is 0.217. The van der Waals surface area contributed by atoms with Crippen LogP contribution in [0.5, 0.6) is 0 Å². The van der Waals surface area contributed by atoms with Crippen LogP contribution in [-0.2, 0) is 16.8 Å². The van der Waals surface area contributed by atoms with E-state index in [1.807, 2.05) is 35.7 Å². The standard InChI is InChI=1S/C23H21NO3S/c25-20(21-13-7-15-28-21)16-23(27)18-11-4-5-12-19(18)24(22(23)26)14-6-10-17-8-2-1-3-9-17/h1-5,7-9,11-13,15,27H,6,10,14,16H2/t23-/m1/s1. The zero-order valence-corrected chi connectivity index (χ0v) is 16.2. The van der Waals surface area contributed by atoms with Crippen LogP contribution in [0.1, 0.15) is 33.6 Å². The Morgan fingerprint density at radius 1 is 1.00 bits per heavy atom. The van der Waals surface area contributed by atoms with Crippen LogP contribution in [0.4, 0.5) is 5.69 Å². The molecule has 1 amide bonds. The average molecular weight is 391 g/mol. The molecule has 1 aliphatic rings. The van der Waals surface area contributed by atoms with E-state index in [-0.39, 0.29) is 12.2 Å². The van der Waals surface area contributed by atoms with Crippen LogP contribution >= 0.6 is 11.3 Å². The summed E-state index contributed by atoms with van der Waals surface area (Å²) in [6.07, 6.45) is 1.39. The maximum Gasteiger partial charge on any atom is 0.264 e. The monoisotopic (exact) mass is 391 g/mol. The normalized spacial score (nSPS) is 18.3. The lowest BCUT2D eigenvalue weighted by Gasteiger charge is -2.22. The molecule has 0 aliphatic carbocycles. The van der Waals surface area contributed by atoms with Gasteiger partial charge >= 0.3 is 0 Å². The van der Waals surface area contributed by atoms with Crippen molar-refractivity contribution in [1.82, 2.24) is 0 Å². The summed E-state index contributed by atoms with van der Waals surface area (Å²) < 4.78 is 0. The van der Waals surface area contributed by atoms with Crippen molar-refractivity contribution in [1.29, 1.82) is 0 Å². The van der Waals surface area contributed by atoms with Crippen molar-refractivity contribution in [2.45, 2.75) is 24.9 Å². The molecule has 2 heterocycles. The summed E-state index contributed by atoms with van der Waals surface area (Å²) in [6, 6.07) is 20.8. The Bertz CT molecular complexity index is 984. The Morgan fingerprint density at radius 3 is 2.50 bits per heavy atom. The number of Topliss-reactive ketones (excluding diaryl/α,β-unsaturated/α-hetero) is 1. The molecule has 1 atom stereocenters. The molecule has 0 fully saturated rings. The Labute approximate surface area is 168 Å². The first-order valence-electron chi connectivity index (χ1n) is 9.34. The molecule has 2 aromatic carbocycles. The van der Waals surface area contributed by atoms with Gasteiger partial charge in [0.25, 0.3) is 5.91 Å². The third-order valence-corrected chi connectivity index (χ3v) is 6.05. The number of hydrogen-bond donors (Lipinski definition) is 1. The molecule has 142 valence electrons. The lowest BCUT2D eigenvalue weighted by molar-refractivity contribution is -0.135. The number of ketones is 1. The lowest BCUT2D eigenvalue weighted by atomic mass is 9.89. The highest BCUT2D eigenvalue weighted by Gasteiger charge is 2.50. The van der Waals surface area contributed by atoms with E-state index in [0.717, 1.165) is 12.8 Å². The molecule has 0 bridgehead atoms. The number of amides is 1. The molecular weight excluding hydrogens is 370 g/mol. The number of hydrogen-bond acceptors (Lipinski definition) is 4. The zero-order chi connectivity index (χ0) is 19.6. The number of carbonyl (C=O) groups is 2. The first-order valence-corrected chi connectivity index (χ1v) is 10.2. The summed E-state index contributed by atoms with van der Waals surface area (Å²) in [6.45, 7) is 0.500. The molecule has 1 aromatic heterocycles. The molecule has 0 saturated heterocycles. The fourth-order valence-corrected chi connectivity index (χ4v) is 4.41. The molecule has 28 heavy (non-hydrogen) atoms. The number of rotatable bonds is 7. The number of carbonyl (C=O) groups excluding carboxylic acids is 2. The number of anilines is 1. The fourth-order valence-electron chi connectivity index (χ4n) is 3.74. The van der Waals surface area contributed by atoms with E-state index >= 15 is 0 Å². The number of fused-ring (bicyclic) bond motifs is 1. The van der Waals surface area contributed by atoms with E-state index in [9.17, 15) is 14.7 Å². The van der Waals surface area contributed by atoms with Crippen molar-refractivity contribution in [3.05, 3.63) is 88.1 Å². The third-order valence-electron chi connectivity index (χ3n) is 5.14. The Morgan fingerprint density at radius 2 is 1.75 bits per heavy atom. The molecular formula is C23H21NO3S. The topological polar surface area (TPSA) is 57.6 Å². The van der Waals surface area contributed by atoms with Gasteiger partial charge in [0.2, 0.25) is 0 Å². The molecule has 0 spiro atoms. The molecule has 0 saturated carbocycles. The summed E-state index contributed by atoms with van der Waals surface area (Å²) in [4.78, 5) is 27.9. The van der Waals surface area contributed by atoms with Gasteiger partial charge in [0.15, 0.2) is 11.4 Å². The van der Waals surface area contributed by atoms with Crippen LogP contribution in [0, 0.1) is 0 Å². The van der Waals surface area contributed by atoms with Gasteiger partial charge in [0, 0.05) is 12.1 Å². The van der Waals surface area contributed by atoms with Crippen molar-refractivity contribution in [2.75, 3.05) is 11.4 Å². The summed E-state index contributed by atoms with van der Waals surface area (Å²) in [5.74, 6) is -0.626. The quantitative estimate of drug-likeness (QED) is 0.615. The van der Waals surface area contributed by atoms with Gasteiger partial charge in [-0.2, -0.15) is 0 Å². The molecule has 0 unspecified atom stereocenters. The summed E-state index contributed by atoms with van der Waals surface area (Å²) in [7, 11) is 0. The number of thiophene rings is 1. The number of para-hydroxylation sites is 1. The van der Waals surface area contributed by atoms with E-state index in [4.69, 9.17) is 0 Å². The van der Waals surface area contributed by atoms with Gasteiger partial charge in [0.1, 0.15) is 0 Å². The highest BCUT2D eigenvalue weighted by Crippen LogP contribution is 2.43. The second kappa shape index (κ2) is 7.70. The molecule has 4 nitrogen and oxygen atoms in total. The van der Waals surface area contributed by atoms with Crippen molar-refractivity contribution in [2.24, 2.45) is 0 Å². The minimum atomic E-state index is -1.80. The predicted molar refractivity (Wildman–Crippen MR) is 111 cm³/mol. The van der Waals surface area contributed by atoms with Crippen molar-refractivity contribution >= 4 is 28.7 Å². The number of aryl methyl sites for hydroxylation is 1. The van der Waals surface area contributed by atoms with Gasteiger partial charge in [-0.05, 0) is 35.9 Å². The predicted octanol–water partition coefficient (Wildman–Crippen LogP) is 4.19. The minimum absolute atomic E-state index is 0.216. The number of nitrogens with zero attached hydrogens (tertiary/aromatic N) is 1. The Kier molecular flexibility index (Phi) is 5.11. The van der Waals surface area contributed by atoms with Gasteiger partial charge in [0.05, 0.1) is 17.0 Å².